The number of carbonyl (C=O) groups excluding carboxylic acids is 1. The Morgan fingerprint density at radius 3 is 2.24 bits per heavy atom. The van der Waals surface area contributed by atoms with Gasteiger partial charge in [0.15, 0.2) is 0 Å². The van der Waals surface area contributed by atoms with Gasteiger partial charge in [-0.1, -0.05) is 51.3 Å². The third kappa shape index (κ3) is 5.07. The van der Waals surface area contributed by atoms with Crippen LogP contribution in [0.5, 0.6) is 0 Å². The Labute approximate surface area is 153 Å². The number of carbonyl (C=O) groups is 1. The van der Waals surface area contributed by atoms with E-state index in [4.69, 9.17) is 0 Å². The van der Waals surface area contributed by atoms with E-state index >= 15 is 0 Å². The summed E-state index contributed by atoms with van der Waals surface area (Å²) in [5.74, 6) is 0.967. The summed E-state index contributed by atoms with van der Waals surface area (Å²) in [6.07, 6.45) is 11.3. The molecule has 2 fully saturated rings. The van der Waals surface area contributed by atoms with Gasteiger partial charge in [-0.25, -0.2) is 0 Å². The van der Waals surface area contributed by atoms with E-state index in [9.17, 15) is 4.79 Å². The van der Waals surface area contributed by atoms with Crippen molar-refractivity contribution >= 4 is 11.6 Å². The number of hydrogen-bond donors (Lipinski definition) is 1. The van der Waals surface area contributed by atoms with E-state index in [1.165, 1.54) is 56.1 Å². The molecule has 2 aliphatic rings. The molecule has 138 valence electrons. The van der Waals surface area contributed by atoms with Crippen molar-refractivity contribution in [3.8, 4) is 0 Å². The average molecular weight is 343 g/mol. The van der Waals surface area contributed by atoms with Gasteiger partial charge >= 0.3 is 0 Å². The summed E-state index contributed by atoms with van der Waals surface area (Å²) < 4.78 is 0. The Kier molecular flexibility index (Phi) is 6.52. The number of aryl methyl sites for hydroxylation is 2. The van der Waals surface area contributed by atoms with Crippen LogP contribution in [0.1, 0.15) is 69.9 Å². The van der Waals surface area contributed by atoms with Crippen LogP contribution >= 0.6 is 0 Å². The standard InChI is InChI=1S/C22H34N2O/c1-3-18-11-8-12-19(4-2)22(18)23-21(25)16-24(20-13-14-20)15-17-9-6-5-7-10-17/h8,11-12,17,20H,3-7,9-10,13-16H2,1-2H3,(H,23,25). The Morgan fingerprint density at radius 1 is 1.04 bits per heavy atom. The predicted molar refractivity (Wildman–Crippen MR) is 105 cm³/mol. The second-order valence-electron chi connectivity index (χ2n) is 7.87. The van der Waals surface area contributed by atoms with Crippen molar-refractivity contribution in [2.45, 2.75) is 77.7 Å². The fourth-order valence-corrected chi connectivity index (χ4v) is 4.25. The molecule has 3 nitrogen and oxygen atoms in total. The number of hydrogen-bond acceptors (Lipinski definition) is 2. The second kappa shape index (κ2) is 8.84. The summed E-state index contributed by atoms with van der Waals surface area (Å²) >= 11 is 0. The molecule has 0 bridgehead atoms. The molecule has 3 heteroatoms. The normalized spacial score (nSPS) is 18.5. The summed E-state index contributed by atoms with van der Waals surface area (Å²) in [6, 6.07) is 7.03. The first-order chi connectivity index (χ1) is 12.2. The van der Waals surface area contributed by atoms with E-state index in [2.05, 4.69) is 42.3 Å². The number of rotatable bonds is 8. The number of benzene rings is 1. The van der Waals surface area contributed by atoms with Crippen LogP contribution in [0.4, 0.5) is 5.69 Å². The highest BCUT2D eigenvalue weighted by Crippen LogP contribution is 2.31. The minimum absolute atomic E-state index is 0.165. The van der Waals surface area contributed by atoms with Gasteiger partial charge in [-0.3, -0.25) is 9.69 Å². The Morgan fingerprint density at radius 2 is 1.68 bits per heavy atom. The highest BCUT2D eigenvalue weighted by molar-refractivity contribution is 5.93. The van der Waals surface area contributed by atoms with Crippen LogP contribution in [-0.2, 0) is 17.6 Å². The van der Waals surface area contributed by atoms with Crippen molar-refractivity contribution in [3.63, 3.8) is 0 Å². The second-order valence-corrected chi connectivity index (χ2v) is 7.87. The lowest BCUT2D eigenvalue weighted by atomic mass is 9.89. The van der Waals surface area contributed by atoms with E-state index in [-0.39, 0.29) is 5.91 Å². The number of nitrogens with one attached hydrogen (secondary N) is 1. The lowest BCUT2D eigenvalue weighted by molar-refractivity contribution is -0.117. The molecule has 0 aliphatic heterocycles. The summed E-state index contributed by atoms with van der Waals surface area (Å²) in [6.45, 7) is 5.99. The highest BCUT2D eigenvalue weighted by Gasteiger charge is 2.32. The van der Waals surface area contributed by atoms with Crippen LogP contribution in [-0.4, -0.2) is 29.9 Å². The van der Waals surface area contributed by atoms with Gasteiger partial charge in [-0.2, -0.15) is 0 Å². The minimum atomic E-state index is 0.165. The predicted octanol–water partition coefficient (Wildman–Crippen LogP) is 4.79. The molecule has 1 aromatic carbocycles. The summed E-state index contributed by atoms with van der Waals surface area (Å²) in [5, 5.41) is 3.25. The largest absolute Gasteiger partial charge is 0.324 e. The molecule has 0 radical (unpaired) electrons. The van der Waals surface area contributed by atoms with Crippen molar-refractivity contribution in [3.05, 3.63) is 29.3 Å². The molecule has 2 saturated carbocycles. The first kappa shape index (κ1) is 18.4. The number of amides is 1. The summed E-state index contributed by atoms with van der Waals surface area (Å²) in [7, 11) is 0. The smallest absolute Gasteiger partial charge is 0.238 e. The van der Waals surface area contributed by atoms with E-state index in [0.717, 1.165) is 31.0 Å². The van der Waals surface area contributed by atoms with Crippen LogP contribution < -0.4 is 5.32 Å². The van der Waals surface area contributed by atoms with Crippen LogP contribution in [0.15, 0.2) is 18.2 Å². The van der Waals surface area contributed by atoms with Crippen molar-refractivity contribution in [2.24, 2.45) is 5.92 Å². The molecular weight excluding hydrogens is 308 g/mol. The van der Waals surface area contributed by atoms with Gasteiger partial charge in [-0.15, -0.1) is 0 Å². The third-order valence-corrected chi connectivity index (χ3v) is 5.89. The lowest BCUT2D eigenvalue weighted by Crippen LogP contribution is -2.38. The highest BCUT2D eigenvalue weighted by atomic mass is 16.2. The Bertz CT molecular complexity index is 551. The summed E-state index contributed by atoms with van der Waals surface area (Å²) in [4.78, 5) is 15.2. The van der Waals surface area contributed by atoms with E-state index in [0.29, 0.717) is 12.6 Å². The molecule has 0 spiro atoms. The summed E-state index contributed by atoms with van der Waals surface area (Å²) in [5.41, 5.74) is 3.56. The van der Waals surface area contributed by atoms with Gasteiger partial charge in [0.25, 0.3) is 0 Å². The zero-order chi connectivity index (χ0) is 17.6. The SMILES string of the molecule is CCc1cccc(CC)c1NC(=O)CN(CC1CCCCC1)C1CC1. The fraction of sp³-hybridized carbons (Fsp3) is 0.682. The fourth-order valence-electron chi connectivity index (χ4n) is 4.25. The van der Waals surface area contributed by atoms with Crippen LogP contribution in [0.2, 0.25) is 0 Å². The molecule has 0 aromatic heterocycles. The van der Waals surface area contributed by atoms with Crippen LogP contribution in [0.25, 0.3) is 0 Å². The van der Waals surface area contributed by atoms with Crippen molar-refractivity contribution in [2.75, 3.05) is 18.4 Å². The van der Waals surface area contributed by atoms with Gasteiger partial charge in [0.1, 0.15) is 0 Å². The van der Waals surface area contributed by atoms with E-state index < -0.39 is 0 Å². The number of para-hydroxylation sites is 1. The zero-order valence-electron chi connectivity index (χ0n) is 16.0. The zero-order valence-corrected chi connectivity index (χ0v) is 16.0. The molecule has 0 saturated heterocycles. The first-order valence-electron chi connectivity index (χ1n) is 10.4. The quantitative estimate of drug-likeness (QED) is 0.736. The Hall–Kier alpha value is -1.35. The van der Waals surface area contributed by atoms with Gasteiger partial charge in [-0.05, 0) is 55.6 Å². The van der Waals surface area contributed by atoms with Gasteiger partial charge in [0.05, 0.1) is 6.54 Å². The Balaban J connectivity index is 1.62. The van der Waals surface area contributed by atoms with Gasteiger partial charge < -0.3 is 5.32 Å². The monoisotopic (exact) mass is 342 g/mol. The molecule has 1 aromatic rings. The molecule has 3 rings (SSSR count). The number of nitrogens with zero attached hydrogens (tertiary/aromatic N) is 1. The van der Waals surface area contributed by atoms with Crippen LogP contribution in [0.3, 0.4) is 0 Å². The number of anilines is 1. The molecule has 25 heavy (non-hydrogen) atoms. The average Bonchev–Trinajstić information content (AvgIpc) is 3.47. The third-order valence-electron chi connectivity index (χ3n) is 5.89. The topological polar surface area (TPSA) is 32.3 Å². The lowest BCUT2D eigenvalue weighted by Gasteiger charge is -2.29. The van der Waals surface area contributed by atoms with Crippen molar-refractivity contribution < 1.29 is 4.79 Å². The molecule has 2 aliphatic carbocycles. The molecular formula is C22H34N2O. The van der Waals surface area contributed by atoms with Crippen molar-refractivity contribution in [1.82, 2.24) is 4.90 Å². The first-order valence-corrected chi connectivity index (χ1v) is 10.4. The molecule has 0 unspecified atom stereocenters. The van der Waals surface area contributed by atoms with E-state index in [1.807, 2.05) is 0 Å². The molecule has 0 atom stereocenters. The maximum atomic E-state index is 12.8. The van der Waals surface area contributed by atoms with Crippen LogP contribution in [0, 0.1) is 5.92 Å². The maximum absolute atomic E-state index is 12.8. The van der Waals surface area contributed by atoms with Gasteiger partial charge in [0.2, 0.25) is 5.91 Å². The minimum Gasteiger partial charge on any atom is -0.324 e. The van der Waals surface area contributed by atoms with E-state index in [1.54, 1.807) is 0 Å². The molecule has 1 amide bonds. The van der Waals surface area contributed by atoms with Crippen molar-refractivity contribution in [1.29, 1.82) is 0 Å². The maximum Gasteiger partial charge on any atom is 0.238 e. The molecule has 1 N–H and O–H groups in total. The van der Waals surface area contributed by atoms with Gasteiger partial charge in [0, 0.05) is 18.3 Å². The molecule has 0 heterocycles.